The zero-order valence-electron chi connectivity index (χ0n) is 13.1. The van der Waals surface area contributed by atoms with Crippen LogP contribution in [0.15, 0.2) is 18.2 Å². The third-order valence-corrected chi connectivity index (χ3v) is 4.71. The Hall–Kier alpha value is -1.40. The minimum atomic E-state index is -3.41. The van der Waals surface area contributed by atoms with Gasteiger partial charge in [-0.05, 0) is 44.4 Å². The Morgan fingerprint density at radius 2 is 1.95 bits per heavy atom. The van der Waals surface area contributed by atoms with Crippen molar-refractivity contribution in [2.24, 2.45) is 0 Å². The lowest BCUT2D eigenvalue weighted by atomic mass is 10.1. The molecular formula is C15H24N2O3S. The van der Waals surface area contributed by atoms with Crippen molar-refractivity contribution in [3.05, 3.63) is 29.3 Å². The third-order valence-electron chi connectivity index (χ3n) is 3.17. The van der Waals surface area contributed by atoms with Gasteiger partial charge in [0.15, 0.2) is 0 Å². The summed E-state index contributed by atoms with van der Waals surface area (Å²) in [5.41, 5.74) is 2.68. The smallest absolute Gasteiger partial charge is 0.242 e. The van der Waals surface area contributed by atoms with Gasteiger partial charge >= 0.3 is 0 Å². The van der Waals surface area contributed by atoms with Crippen molar-refractivity contribution in [3.8, 4) is 0 Å². The summed E-state index contributed by atoms with van der Waals surface area (Å²) in [5.74, 6) is -0.311. The molecular weight excluding hydrogens is 288 g/mol. The van der Waals surface area contributed by atoms with Crippen molar-refractivity contribution in [1.29, 1.82) is 0 Å². The van der Waals surface area contributed by atoms with Gasteiger partial charge in [0.2, 0.25) is 15.9 Å². The van der Waals surface area contributed by atoms with E-state index in [0.29, 0.717) is 12.1 Å². The number of aryl methyl sites for hydroxylation is 2. The number of carbonyl (C=O) groups excluding carboxylic acids is 1. The average Bonchev–Trinajstić information content (AvgIpc) is 2.40. The fourth-order valence-corrected chi connectivity index (χ4v) is 3.26. The van der Waals surface area contributed by atoms with Crippen molar-refractivity contribution >= 4 is 21.6 Å². The monoisotopic (exact) mass is 312 g/mol. The highest BCUT2D eigenvalue weighted by Gasteiger charge is 2.20. The first kappa shape index (κ1) is 17.7. The number of hydrogen-bond donors (Lipinski definition) is 2. The molecule has 0 aliphatic carbocycles. The maximum atomic E-state index is 12.1. The van der Waals surface area contributed by atoms with Crippen LogP contribution in [0, 0.1) is 13.8 Å². The zero-order chi connectivity index (χ0) is 16.0. The fourth-order valence-electron chi connectivity index (χ4n) is 1.83. The Morgan fingerprint density at radius 3 is 2.57 bits per heavy atom. The lowest BCUT2D eigenvalue weighted by molar-refractivity contribution is -0.117. The average molecular weight is 312 g/mol. The van der Waals surface area contributed by atoms with Gasteiger partial charge in [-0.25, -0.2) is 13.1 Å². The molecule has 21 heavy (non-hydrogen) atoms. The van der Waals surface area contributed by atoms with Gasteiger partial charge in [-0.2, -0.15) is 0 Å². The second kappa shape index (κ2) is 7.56. The maximum Gasteiger partial charge on any atom is 0.242 e. The molecule has 0 aliphatic heterocycles. The van der Waals surface area contributed by atoms with Crippen molar-refractivity contribution < 1.29 is 13.2 Å². The van der Waals surface area contributed by atoms with Gasteiger partial charge in [0.1, 0.15) is 0 Å². The summed E-state index contributed by atoms with van der Waals surface area (Å²) in [6, 6.07) is 4.95. The topological polar surface area (TPSA) is 75.3 Å². The maximum absolute atomic E-state index is 12.1. The first-order valence-corrected chi connectivity index (χ1v) is 8.78. The first-order valence-electron chi connectivity index (χ1n) is 7.13. The number of sulfonamides is 1. The molecule has 1 amide bonds. The molecule has 6 heteroatoms. The lowest BCUT2D eigenvalue weighted by Gasteiger charge is -2.15. The molecule has 1 rings (SSSR count). The highest BCUT2D eigenvalue weighted by molar-refractivity contribution is 7.89. The number of benzene rings is 1. The number of nitrogens with one attached hydrogen (secondary N) is 2. The van der Waals surface area contributed by atoms with E-state index in [1.165, 1.54) is 0 Å². The molecule has 0 saturated carbocycles. The lowest BCUT2D eigenvalue weighted by Crippen LogP contribution is -2.42. The molecule has 1 aromatic carbocycles. The van der Waals surface area contributed by atoms with Crippen LogP contribution in [0.3, 0.4) is 0 Å². The molecule has 0 spiro atoms. The zero-order valence-corrected chi connectivity index (χ0v) is 13.9. The fraction of sp³-hybridized carbons (Fsp3) is 0.533. The standard InChI is InChI=1S/C15H24N2O3S/c1-5-6-9-21(19,20)17-13(4)15(18)16-14-10-11(2)7-8-12(14)3/h7-8,10,13,17H,5-6,9H2,1-4H3,(H,16,18)/t13-/m0/s1. The van der Waals surface area contributed by atoms with Crippen molar-refractivity contribution in [1.82, 2.24) is 4.72 Å². The summed E-state index contributed by atoms with van der Waals surface area (Å²) in [5, 5.41) is 2.76. The molecule has 0 heterocycles. The Morgan fingerprint density at radius 1 is 1.29 bits per heavy atom. The van der Waals surface area contributed by atoms with E-state index in [9.17, 15) is 13.2 Å². The van der Waals surface area contributed by atoms with E-state index in [1.54, 1.807) is 6.92 Å². The normalized spacial score (nSPS) is 13.0. The SMILES string of the molecule is CCCCS(=O)(=O)N[C@@H](C)C(=O)Nc1cc(C)ccc1C. The summed E-state index contributed by atoms with van der Waals surface area (Å²) >= 11 is 0. The highest BCUT2D eigenvalue weighted by atomic mass is 32.2. The predicted octanol–water partition coefficient (Wildman–Crippen LogP) is 2.35. The predicted molar refractivity (Wildman–Crippen MR) is 85.8 cm³/mol. The number of hydrogen-bond acceptors (Lipinski definition) is 3. The number of anilines is 1. The molecule has 0 fully saturated rings. The van der Waals surface area contributed by atoms with Crippen LogP contribution in [0.1, 0.15) is 37.8 Å². The van der Waals surface area contributed by atoms with E-state index in [2.05, 4.69) is 10.0 Å². The van der Waals surface area contributed by atoms with Crippen LogP contribution in [0.5, 0.6) is 0 Å². The number of unbranched alkanes of at least 4 members (excludes halogenated alkanes) is 1. The van der Waals surface area contributed by atoms with Crippen LogP contribution >= 0.6 is 0 Å². The molecule has 0 aromatic heterocycles. The molecule has 5 nitrogen and oxygen atoms in total. The van der Waals surface area contributed by atoms with Crippen molar-refractivity contribution in [2.45, 2.75) is 46.6 Å². The molecule has 0 saturated heterocycles. The van der Waals surface area contributed by atoms with E-state index in [-0.39, 0.29) is 11.7 Å². The van der Waals surface area contributed by atoms with Crippen LogP contribution in [0.4, 0.5) is 5.69 Å². The van der Waals surface area contributed by atoms with Gasteiger partial charge in [0, 0.05) is 5.69 Å². The molecule has 0 bridgehead atoms. The number of amides is 1. The Kier molecular flexibility index (Phi) is 6.36. The van der Waals surface area contributed by atoms with E-state index in [4.69, 9.17) is 0 Å². The molecule has 1 atom stereocenters. The van der Waals surface area contributed by atoms with Crippen LogP contribution in [-0.4, -0.2) is 26.1 Å². The van der Waals surface area contributed by atoms with E-state index in [1.807, 2.05) is 39.0 Å². The first-order chi connectivity index (χ1) is 9.75. The Labute approximate surface area is 127 Å². The summed E-state index contributed by atoms with van der Waals surface area (Å²) in [6.45, 7) is 7.30. The number of rotatable bonds is 7. The summed E-state index contributed by atoms with van der Waals surface area (Å²) in [4.78, 5) is 12.1. The third kappa shape index (κ3) is 5.85. The van der Waals surface area contributed by atoms with Crippen LogP contribution in [0.2, 0.25) is 0 Å². The van der Waals surface area contributed by atoms with E-state index < -0.39 is 16.1 Å². The van der Waals surface area contributed by atoms with Crippen molar-refractivity contribution in [2.75, 3.05) is 11.1 Å². The Balaban J connectivity index is 2.69. The van der Waals surface area contributed by atoms with Gasteiger partial charge in [0.25, 0.3) is 0 Å². The number of carbonyl (C=O) groups is 1. The second-order valence-corrected chi connectivity index (χ2v) is 7.19. The van der Waals surface area contributed by atoms with Crippen LogP contribution in [-0.2, 0) is 14.8 Å². The van der Waals surface area contributed by atoms with Crippen molar-refractivity contribution in [3.63, 3.8) is 0 Å². The van der Waals surface area contributed by atoms with Gasteiger partial charge in [-0.3, -0.25) is 4.79 Å². The quantitative estimate of drug-likeness (QED) is 0.811. The minimum Gasteiger partial charge on any atom is -0.324 e. The van der Waals surface area contributed by atoms with Gasteiger partial charge in [0.05, 0.1) is 11.8 Å². The van der Waals surface area contributed by atoms with E-state index in [0.717, 1.165) is 17.5 Å². The van der Waals surface area contributed by atoms with Gasteiger partial charge in [-0.1, -0.05) is 25.5 Å². The highest BCUT2D eigenvalue weighted by Crippen LogP contribution is 2.16. The van der Waals surface area contributed by atoms with Gasteiger partial charge < -0.3 is 5.32 Å². The summed E-state index contributed by atoms with van der Waals surface area (Å²) < 4.78 is 26.0. The summed E-state index contributed by atoms with van der Waals surface area (Å²) in [6.07, 6.45) is 1.38. The minimum absolute atomic E-state index is 0.0462. The molecule has 0 unspecified atom stereocenters. The van der Waals surface area contributed by atoms with Crippen LogP contribution < -0.4 is 10.0 Å². The Bertz CT molecular complexity index is 597. The van der Waals surface area contributed by atoms with Gasteiger partial charge in [-0.15, -0.1) is 0 Å². The van der Waals surface area contributed by atoms with E-state index >= 15 is 0 Å². The van der Waals surface area contributed by atoms with Crippen LogP contribution in [0.25, 0.3) is 0 Å². The molecule has 0 aliphatic rings. The molecule has 2 N–H and O–H groups in total. The molecule has 1 aromatic rings. The molecule has 118 valence electrons. The largest absolute Gasteiger partial charge is 0.324 e. The second-order valence-electron chi connectivity index (χ2n) is 5.32. The molecule has 0 radical (unpaired) electrons. The summed E-state index contributed by atoms with van der Waals surface area (Å²) in [7, 11) is -3.41.